The minimum Gasteiger partial charge on any atom is -0.399 e. The van der Waals surface area contributed by atoms with Gasteiger partial charge in [-0.05, 0) is 30.7 Å². The Labute approximate surface area is 101 Å². The van der Waals surface area contributed by atoms with E-state index in [1.165, 1.54) is 0 Å². The van der Waals surface area contributed by atoms with Crippen molar-refractivity contribution in [1.29, 1.82) is 0 Å². The van der Waals surface area contributed by atoms with Gasteiger partial charge in [0.1, 0.15) is 0 Å². The standard InChI is InChI=1S/C12H20N4O/c1-7-4-8(2-3-9(7)14)16-6-11(17)12(15)10(16)5-13/h2-4,10-12,17H,5-6,13-15H2,1H3. The summed E-state index contributed by atoms with van der Waals surface area (Å²) in [6, 6.07) is 5.50. The van der Waals surface area contributed by atoms with E-state index in [0.29, 0.717) is 13.1 Å². The van der Waals surface area contributed by atoms with Gasteiger partial charge in [-0.3, -0.25) is 0 Å². The van der Waals surface area contributed by atoms with Crippen LogP contribution in [0.3, 0.4) is 0 Å². The zero-order valence-electron chi connectivity index (χ0n) is 10.0. The van der Waals surface area contributed by atoms with Crippen molar-refractivity contribution in [3.05, 3.63) is 23.8 Å². The lowest BCUT2D eigenvalue weighted by molar-refractivity contribution is 0.174. The van der Waals surface area contributed by atoms with Crippen molar-refractivity contribution >= 4 is 11.4 Å². The molecule has 5 heteroatoms. The van der Waals surface area contributed by atoms with Crippen LogP contribution in [0, 0.1) is 6.92 Å². The molecule has 3 atom stereocenters. The molecule has 2 rings (SSSR count). The summed E-state index contributed by atoms with van der Waals surface area (Å²) in [6.45, 7) is 2.91. The Morgan fingerprint density at radius 3 is 2.76 bits per heavy atom. The monoisotopic (exact) mass is 236 g/mol. The van der Waals surface area contributed by atoms with E-state index >= 15 is 0 Å². The van der Waals surface area contributed by atoms with Crippen LogP contribution in [0.5, 0.6) is 0 Å². The summed E-state index contributed by atoms with van der Waals surface area (Å²) in [5, 5.41) is 9.81. The van der Waals surface area contributed by atoms with Gasteiger partial charge in [-0.25, -0.2) is 0 Å². The Hall–Kier alpha value is -1.30. The number of nitrogen functional groups attached to an aromatic ring is 1. The smallest absolute Gasteiger partial charge is 0.0886 e. The number of aliphatic hydroxyl groups excluding tert-OH is 1. The lowest BCUT2D eigenvalue weighted by Gasteiger charge is -2.27. The van der Waals surface area contributed by atoms with Gasteiger partial charge in [0, 0.05) is 24.5 Å². The van der Waals surface area contributed by atoms with Gasteiger partial charge in [0.05, 0.1) is 18.2 Å². The molecule has 1 aliphatic rings. The zero-order valence-corrected chi connectivity index (χ0v) is 10.0. The number of rotatable bonds is 2. The first-order valence-electron chi connectivity index (χ1n) is 5.81. The van der Waals surface area contributed by atoms with Crippen LogP contribution in [-0.2, 0) is 0 Å². The zero-order chi connectivity index (χ0) is 12.6. The van der Waals surface area contributed by atoms with Crippen LogP contribution in [0.1, 0.15) is 5.56 Å². The van der Waals surface area contributed by atoms with E-state index in [2.05, 4.69) is 4.90 Å². The van der Waals surface area contributed by atoms with Crippen molar-refractivity contribution in [3.63, 3.8) is 0 Å². The van der Waals surface area contributed by atoms with Crippen LogP contribution in [0.25, 0.3) is 0 Å². The molecule has 17 heavy (non-hydrogen) atoms. The van der Waals surface area contributed by atoms with Crippen LogP contribution in [-0.4, -0.2) is 36.4 Å². The number of aryl methyl sites for hydroxylation is 1. The predicted molar refractivity (Wildman–Crippen MR) is 69.8 cm³/mol. The molecule has 0 bridgehead atoms. The average molecular weight is 236 g/mol. The first kappa shape index (κ1) is 12.2. The summed E-state index contributed by atoms with van der Waals surface area (Å²) in [5.41, 5.74) is 20.2. The van der Waals surface area contributed by atoms with Crippen molar-refractivity contribution in [2.45, 2.75) is 25.1 Å². The number of aliphatic hydroxyl groups is 1. The molecule has 0 amide bonds. The van der Waals surface area contributed by atoms with Crippen molar-refractivity contribution in [2.24, 2.45) is 11.5 Å². The van der Waals surface area contributed by atoms with E-state index in [-0.39, 0.29) is 12.1 Å². The van der Waals surface area contributed by atoms with Gasteiger partial charge >= 0.3 is 0 Å². The molecule has 1 aromatic rings. The van der Waals surface area contributed by atoms with Crippen molar-refractivity contribution in [1.82, 2.24) is 0 Å². The quantitative estimate of drug-likeness (QED) is 0.514. The van der Waals surface area contributed by atoms with Gasteiger partial charge in [0.25, 0.3) is 0 Å². The van der Waals surface area contributed by atoms with Crippen LogP contribution in [0.15, 0.2) is 18.2 Å². The molecule has 1 heterocycles. The van der Waals surface area contributed by atoms with Crippen LogP contribution in [0.4, 0.5) is 11.4 Å². The molecule has 5 nitrogen and oxygen atoms in total. The van der Waals surface area contributed by atoms with Gasteiger partial charge in [-0.1, -0.05) is 0 Å². The van der Waals surface area contributed by atoms with E-state index in [1.807, 2.05) is 25.1 Å². The molecule has 0 saturated carbocycles. The summed E-state index contributed by atoms with van der Waals surface area (Å²) in [6.07, 6.45) is -0.526. The van der Waals surface area contributed by atoms with Crippen molar-refractivity contribution in [3.8, 4) is 0 Å². The molecule has 94 valence electrons. The maximum atomic E-state index is 9.81. The second-order valence-corrected chi connectivity index (χ2v) is 4.64. The van der Waals surface area contributed by atoms with Gasteiger partial charge in [0.2, 0.25) is 0 Å². The third-order valence-electron chi connectivity index (χ3n) is 3.50. The van der Waals surface area contributed by atoms with E-state index in [4.69, 9.17) is 17.2 Å². The molecular weight excluding hydrogens is 216 g/mol. The summed E-state index contributed by atoms with van der Waals surface area (Å²) in [7, 11) is 0. The summed E-state index contributed by atoms with van der Waals surface area (Å²) >= 11 is 0. The number of hydrogen-bond donors (Lipinski definition) is 4. The summed E-state index contributed by atoms with van der Waals surface area (Å²) < 4.78 is 0. The average Bonchev–Trinajstić information content (AvgIpc) is 2.59. The van der Waals surface area contributed by atoms with Crippen molar-refractivity contribution < 1.29 is 5.11 Å². The first-order valence-corrected chi connectivity index (χ1v) is 5.81. The molecule has 1 fully saturated rings. The predicted octanol–water partition coefficient (Wildman–Crippen LogP) is -0.587. The Bertz CT molecular complexity index is 409. The molecule has 7 N–H and O–H groups in total. The third-order valence-corrected chi connectivity index (χ3v) is 3.50. The molecule has 1 aliphatic heterocycles. The van der Waals surface area contributed by atoms with E-state index in [9.17, 15) is 5.11 Å². The minimum atomic E-state index is -0.526. The second kappa shape index (κ2) is 4.52. The molecule has 3 unspecified atom stereocenters. The Balaban J connectivity index is 2.30. The number of anilines is 2. The highest BCUT2D eigenvalue weighted by Gasteiger charge is 2.37. The fourth-order valence-electron chi connectivity index (χ4n) is 2.34. The molecule has 0 radical (unpaired) electrons. The molecule has 0 aliphatic carbocycles. The van der Waals surface area contributed by atoms with Crippen molar-refractivity contribution in [2.75, 3.05) is 23.7 Å². The maximum Gasteiger partial charge on any atom is 0.0886 e. The Morgan fingerprint density at radius 1 is 1.47 bits per heavy atom. The fraction of sp³-hybridized carbons (Fsp3) is 0.500. The lowest BCUT2D eigenvalue weighted by Crippen LogP contribution is -2.46. The van der Waals surface area contributed by atoms with E-state index in [0.717, 1.165) is 16.9 Å². The van der Waals surface area contributed by atoms with Gasteiger partial charge in [-0.2, -0.15) is 0 Å². The molecule has 1 aromatic carbocycles. The SMILES string of the molecule is Cc1cc(N2CC(O)C(N)C2CN)ccc1N. The van der Waals surface area contributed by atoms with Gasteiger partial charge in [-0.15, -0.1) is 0 Å². The largest absolute Gasteiger partial charge is 0.399 e. The number of nitrogens with zero attached hydrogens (tertiary/aromatic N) is 1. The van der Waals surface area contributed by atoms with Crippen LogP contribution in [0.2, 0.25) is 0 Å². The van der Waals surface area contributed by atoms with Gasteiger partial charge < -0.3 is 27.2 Å². The highest BCUT2D eigenvalue weighted by atomic mass is 16.3. The summed E-state index contributed by atoms with van der Waals surface area (Å²) in [4.78, 5) is 2.06. The van der Waals surface area contributed by atoms with Gasteiger partial charge in [0.15, 0.2) is 0 Å². The Kier molecular flexibility index (Phi) is 3.24. The minimum absolute atomic E-state index is 0.0203. The van der Waals surface area contributed by atoms with Crippen LogP contribution >= 0.6 is 0 Å². The third kappa shape index (κ3) is 2.09. The van der Waals surface area contributed by atoms with E-state index in [1.54, 1.807) is 0 Å². The number of nitrogens with two attached hydrogens (primary N) is 3. The number of β-amino-alcohol motifs (C(OH)–C–C–N with tert-alkyl or cyclic N) is 1. The lowest BCUT2D eigenvalue weighted by atomic mass is 10.1. The van der Waals surface area contributed by atoms with Crippen LogP contribution < -0.4 is 22.1 Å². The molecule has 0 spiro atoms. The Morgan fingerprint density at radius 2 is 2.18 bits per heavy atom. The topological polar surface area (TPSA) is 102 Å². The normalized spacial score (nSPS) is 28.7. The number of hydrogen-bond acceptors (Lipinski definition) is 5. The maximum absolute atomic E-state index is 9.81. The molecule has 1 saturated heterocycles. The van der Waals surface area contributed by atoms with E-state index < -0.39 is 6.10 Å². The highest BCUT2D eigenvalue weighted by molar-refractivity contribution is 5.59. The second-order valence-electron chi connectivity index (χ2n) is 4.64. The summed E-state index contributed by atoms with van der Waals surface area (Å²) in [5.74, 6) is 0. The first-order chi connectivity index (χ1) is 8.04. The highest BCUT2D eigenvalue weighted by Crippen LogP contribution is 2.27. The molecule has 0 aromatic heterocycles. The fourth-order valence-corrected chi connectivity index (χ4v) is 2.34. The number of benzene rings is 1. The molecular formula is C12H20N4O.